The molecule has 0 radical (unpaired) electrons. The van der Waals surface area contributed by atoms with E-state index in [1.54, 1.807) is 18.4 Å². The van der Waals surface area contributed by atoms with Crippen molar-refractivity contribution in [3.05, 3.63) is 16.1 Å². The molecule has 0 aliphatic carbocycles. The highest BCUT2D eigenvalue weighted by Gasteiger charge is 2.13. The molecular weight excluding hydrogens is 451 g/mol. The second-order valence-corrected chi connectivity index (χ2v) is 6.87. The molecule has 0 unspecified atom stereocenters. The van der Waals surface area contributed by atoms with Crippen molar-refractivity contribution in [3.63, 3.8) is 0 Å². The van der Waals surface area contributed by atoms with Crippen LogP contribution in [0.15, 0.2) is 10.4 Å². The molecule has 0 amide bonds. The number of rotatable bonds is 9. The lowest BCUT2D eigenvalue weighted by Gasteiger charge is -2.21. The largest absolute Gasteiger partial charge is 0.381 e. The maximum Gasteiger partial charge on any atom is 0.191 e. The molecule has 2 N–H and O–H groups in total. The van der Waals surface area contributed by atoms with Crippen LogP contribution < -0.4 is 10.6 Å². The van der Waals surface area contributed by atoms with Gasteiger partial charge in [0.05, 0.1) is 17.2 Å². The smallest absolute Gasteiger partial charge is 0.191 e. The first-order valence-electron chi connectivity index (χ1n) is 8.85. The van der Waals surface area contributed by atoms with Crippen LogP contribution in [0.4, 0.5) is 0 Å². The van der Waals surface area contributed by atoms with Crippen LogP contribution in [0.1, 0.15) is 36.9 Å². The number of guanidine groups is 1. The van der Waals surface area contributed by atoms with Gasteiger partial charge in [-0.1, -0.05) is 6.92 Å². The minimum atomic E-state index is 0. The molecule has 8 heteroatoms. The van der Waals surface area contributed by atoms with Crippen LogP contribution in [0.25, 0.3) is 0 Å². The second kappa shape index (κ2) is 13.7. The van der Waals surface area contributed by atoms with Gasteiger partial charge in [-0.25, -0.2) is 4.98 Å². The third kappa shape index (κ3) is 9.16. The summed E-state index contributed by atoms with van der Waals surface area (Å²) in [5.41, 5.74) is 1.07. The molecule has 1 fully saturated rings. The van der Waals surface area contributed by atoms with Crippen LogP contribution in [0.5, 0.6) is 0 Å². The monoisotopic (exact) mass is 482 g/mol. The highest BCUT2D eigenvalue weighted by atomic mass is 127. The third-order valence-corrected chi connectivity index (χ3v) is 5.06. The molecule has 0 spiro atoms. The van der Waals surface area contributed by atoms with Crippen molar-refractivity contribution in [3.8, 4) is 0 Å². The summed E-state index contributed by atoms with van der Waals surface area (Å²) in [7, 11) is 1.79. The van der Waals surface area contributed by atoms with E-state index >= 15 is 0 Å². The van der Waals surface area contributed by atoms with E-state index in [0.717, 1.165) is 70.3 Å². The van der Waals surface area contributed by atoms with E-state index in [1.807, 2.05) is 0 Å². The van der Waals surface area contributed by atoms with E-state index in [9.17, 15) is 0 Å². The summed E-state index contributed by atoms with van der Waals surface area (Å²) in [6.07, 6.45) is 4.22. The van der Waals surface area contributed by atoms with Crippen molar-refractivity contribution >= 4 is 41.3 Å². The summed E-state index contributed by atoms with van der Waals surface area (Å²) in [6, 6.07) is 0. The molecule has 1 aliphatic heterocycles. The fraction of sp³-hybridized carbons (Fsp3) is 0.765. The Morgan fingerprint density at radius 3 is 2.88 bits per heavy atom. The summed E-state index contributed by atoms with van der Waals surface area (Å²) in [5, 5.41) is 9.89. The highest BCUT2D eigenvalue weighted by molar-refractivity contribution is 14.0. The zero-order chi connectivity index (χ0) is 17.0. The highest BCUT2D eigenvalue weighted by Crippen LogP contribution is 2.14. The lowest BCUT2D eigenvalue weighted by atomic mass is 10.0. The van der Waals surface area contributed by atoms with Crippen LogP contribution in [0, 0.1) is 5.92 Å². The van der Waals surface area contributed by atoms with Gasteiger partial charge >= 0.3 is 0 Å². The summed E-state index contributed by atoms with van der Waals surface area (Å²) < 4.78 is 11.1. The van der Waals surface area contributed by atoms with Gasteiger partial charge in [0, 0.05) is 45.4 Å². The molecule has 144 valence electrons. The number of nitrogens with zero attached hydrogens (tertiary/aromatic N) is 2. The number of nitrogens with one attached hydrogen (secondary N) is 2. The Hall–Kier alpha value is -0.450. The van der Waals surface area contributed by atoms with E-state index in [0.29, 0.717) is 12.5 Å². The number of thiazole rings is 1. The topological polar surface area (TPSA) is 67.8 Å². The Kier molecular flexibility index (Phi) is 12.4. The Morgan fingerprint density at radius 1 is 1.40 bits per heavy atom. The van der Waals surface area contributed by atoms with Crippen LogP contribution in [-0.4, -0.2) is 51.0 Å². The van der Waals surface area contributed by atoms with Gasteiger partial charge in [0.1, 0.15) is 0 Å². The van der Waals surface area contributed by atoms with Crippen molar-refractivity contribution in [1.29, 1.82) is 0 Å². The van der Waals surface area contributed by atoms with E-state index in [4.69, 9.17) is 9.47 Å². The molecule has 0 bridgehead atoms. The number of halogens is 1. The van der Waals surface area contributed by atoms with Gasteiger partial charge < -0.3 is 20.1 Å². The number of hydrogen-bond donors (Lipinski definition) is 2. The first-order chi connectivity index (χ1) is 11.8. The number of ether oxygens (including phenoxy) is 2. The molecule has 0 aromatic carbocycles. The van der Waals surface area contributed by atoms with Gasteiger partial charge in [-0.15, -0.1) is 35.3 Å². The quantitative estimate of drug-likeness (QED) is 0.245. The van der Waals surface area contributed by atoms with E-state index < -0.39 is 0 Å². The molecule has 6 nitrogen and oxygen atoms in total. The van der Waals surface area contributed by atoms with E-state index in [-0.39, 0.29) is 24.0 Å². The molecule has 2 rings (SSSR count). The molecule has 1 aliphatic rings. The standard InChI is InChI=1S/C17H30N4O2S.HI/c1-3-16-21-15(13-24-16)11-20-17(18-2)19-7-4-8-23-12-14-5-9-22-10-6-14;/h13-14H,3-12H2,1-2H3,(H2,18,19,20);1H. The average molecular weight is 482 g/mol. The Bertz CT molecular complexity index is 493. The van der Waals surface area contributed by atoms with Crippen LogP contribution in [0.2, 0.25) is 0 Å². The zero-order valence-electron chi connectivity index (χ0n) is 15.3. The van der Waals surface area contributed by atoms with E-state index in [1.165, 1.54) is 5.01 Å². The summed E-state index contributed by atoms with van der Waals surface area (Å²) in [5.74, 6) is 1.48. The van der Waals surface area contributed by atoms with Crippen LogP contribution in [0.3, 0.4) is 0 Å². The number of aromatic nitrogens is 1. The molecule has 1 aromatic heterocycles. The Morgan fingerprint density at radius 2 is 2.20 bits per heavy atom. The summed E-state index contributed by atoms with van der Waals surface area (Å²) in [6.45, 7) is 7.10. The Labute approximate surface area is 172 Å². The lowest BCUT2D eigenvalue weighted by Crippen LogP contribution is -2.37. The molecule has 0 saturated carbocycles. The predicted octanol–water partition coefficient (Wildman–Crippen LogP) is 2.82. The summed E-state index contributed by atoms with van der Waals surface area (Å²) >= 11 is 1.71. The molecule has 25 heavy (non-hydrogen) atoms. The number of hydrogen-bond acceptors (Lipinski definition) is 5. The molecular formula is C17H31IN4O2S. The first kappa shape index (κ1) is 22.6. The van der Waals surface area contributed by atoms with Crippen molar-refractivity contribution in [1.82, 2.24) is 15.6 Å². The molecule has 0 atom stereocenters. The predicted molar refractivity (Wildman–Crippen MR) is 114 cm³/mol. The Balaban J connectivity index is 0.00000312. The van der Waals surface area contributed by atoms with Crippen molar-refractivity contribution in [2.75, 3.05) is 40.0 Å². The van der Waals surface area contributed by atoms with Crippen molar-refractivity contribution < 1.29 is 9.47 Å². The van der Waals surface area contributed by atoms with Gasteiger partial charge in [0.25, 0.3) is 0 Å². The minimum absolute atomic E-state index is 0. The van der Waals surface area contributed by atoms with Crippen molar-refractivity contribution in [2.45, 2.75) is 39.2 Å². The zero-order valence-corrected chi connectivity index (χ0v) is 18.4. The maximum atomic E-state index is 5.77. The maximum absolute atomic E-state index is 5.77. The molecule has 1 aromatic rings. The SMILES string of the molecule is CCc1nc(CNC(=NC)NCCCOCC2CCOCC2)cs1.I. The number of aryl methyl sites for hydroxylation is 1. The average Bonchev–Trinajstić information content (AvgIpc) is 3.09. The van der Waals surface area contributed by atoms with Gasteiger partial charge in [-0.05, 0) is 31.6 Å². The van der Waals surface area contributed by atoms with Gasteiger partial charge in [-0.3, -0.25) is 4.99 Å². The van der Waals surface area contributed by atoms with E-state index in [2.05, 4.69) is 32.9 Å². The molecule has 2 heterocycles. The van der Waals surface area contributed by atoms with Crippen molar-refractivity contribution in [2.24, 2.45) is 10.9 Å². The summed E-state index contributed by atoms with van der Waals surface area (Å²) in [4.78, 5) is 8.78. The second-order valence-electron chi connectivity index (χ2n) is 5.92. The van der Waals surface area contributed by atoms with Gasteiger partial charge in [0.15, 0.2) is 5.96 Å². The first-order valence-corrected chi connectivity index (χ1v) is 9.73. The number of aliphatic imine (C=N–C) groups is 1. The normalized spacial score (nSPS) is 15.7. The van der Waals surface area contributed by atoms with Gasteiger partial charge in [0.2, 0.25) is 0 Å². The minimum Gasteiger partial charge on any atom is -0.381 e. The van der Waals surface area contributed by atoms with Gasteiger partial charge in [-0.2, -0.15) is 0 Å². The van der Waals surface area contributed by atoms with Crippen LogP contribution >= 0.6 is 35.3 Å². The lowest BCUT2D eigenvalue weighted by molar-refractivity contribution is 0.0203. The third-order valence-electron chi connectivity index (χ3n) is 4.01. The van der Waals surface area contributed by atoms with Crippen LogP contribution in [-0.2, 0) is 22.4 Å². The fourth-order valence-corrected chi connectivity index (χ4v) is 3.28. The fourth-order valence-electron chi connectivity index (χ4n) is 2.53. The molecule has 1 saturated heterocycles.